The number of hydrogen-bond acceptors (Lipinski definition) is 6. The number of carbonyl (C=O) groups excluding carboxylic acids is 1. The van der Waals surface area contributed by atoms with E-state index >= 15 is 0 Å². The van der Waals surface area contributed by atoms with Gasteiger partial charge < -0.3 is 4.74 Å². The molecule has 0 unspecified atom stereocenters. The van der Waals surface area contributed by atoms with Gasteiger partial charge in [-0.05, 0) is 32.4 Å². The first-order chi connectivity index (χ1) is 11.5. The van der Waals surface area contributed by atoms with E-state index in [2.05, 4.69) is 9.97 Å². The molecule has 7 heteroatoms. The van der Waals surface area contributed by atoms with Crippen molar-refractivity contribution in [2.45, 2.75) is 33.3 Å². The zero-order chi connectivity index (χ0) is 17.3. The number of thiazole rings is 1. The van der Waals surface area contributed by atoms with E-state index in [0.717, 1.165) is 22.0 Å². The average Bonchev–Trinajstić information content (AvgIpc) is 2.96. The molecule has 0 spiro atoms. The lowest BCUT2D eigenvalue weighted by molar-refractivity contribution is 0.0341. The highest BCUT2D eigenvalue weighted by molar-refractivity contribution is 7.11. The number of pyridine rings is 1. The van der Waals surface area contributed by atoms with Gasteiger partial charge in [-0.2, -0.15) is 0 Å². The summed E-state index contributed by atoms with van der Waals surface area (Å²) in [5, 5.41) is 0.998. The van der Waals surface area contributed by atoms with E-state index < -0.39 is 17.6 Å². The van der Waals surface area contributed by atoms with Crippen molar-refractivity contribution < 1.29 is 9.53 Å². The summed E-state index contributed by atoms with van der Waals surface area (Å²) in [5.41, 5.74) is 0.819. The second kappa shape index (κ2) is 6.52. The molecule has 0 N–H and O–H groups in total. The molecule has 3 aromatic rings. The molecule has 3 aromatic heterocycles. The summed E-state index contributed by atoms with van der Waals surface area (Å²) in [6.45, 7) is 5.70. The Morgan fingerprint density at radius 2 is 2.21 bits per heavy atom. The third-order valence-electron chi connectivity index (χ3n) is 3.67. The lowest BCUT2D eigenvalue weighted by atomic mass is 10.2. The Kier molecular flexibility index (Phi) is 4.44. The molecule has 0 aliphatic heterocycles. The SMILES string of the molecule is CCc1nc(C)c([C@H](C)OC(=O)c2cnc3ccccn3c2=O)s1. The Hall–Kier alpha value is -2.54. The quantitative estimate of drug-likeness (QED) is 0.681. The van der Waals surface area contributed by atoms with Crippen LogP contribution in [0.2, 0.25) is 0 Å². The molecular weight excluding hydrogens is 326 g/mol. The minimum Gasteiger partial charge on any atom is -0.453 e. The summed E-state index contributed by atoms with van der Waals surface area (Å²) in [5.74, 6) is -0.677. The van der Waals surface area contributed by atoms with Crippen molar-refractivity contribution in [3.63, 3.8) is 0 Å². The van der Waals surface area contributed by atoms with Crippen molar-refractivity contribution in [2.75, 3.05) is 0 Å². The zero-order valence-electron chi connectivity index (χ0n) is 13.6. The smallest absolute Gasteiger partial charge is 0.346 e. The summed E-state index contributed by atoms with van der Waals surface area (Å²) in [6.07, 6.45) is 3.21. The predicted molar refractivity (Wildman–Crippen MR) is 91.5 cm³/mol. The molecule has 0 aliphatic carbocycles. The number of nitrogens with zero attached hydrogens (tertiary/aromatic N) is 3. The van der Waals surface area contributed by atoms with E-state index in [1.807, 2.05) is 13.8 Å². The lowest BCUT2D eigenvalue weighted by Crippen LogP contribution is -2.24. The van der Waals surface area contributed by atoms with Crippen molar-refractivity contribution in [3.8, 4) is 0 Å². The van der Waals surface area contributed by atoms with Gasteiger partial charge in [-0.1, -0.05) is 13.0 Å². The highest BCUT2D eigenvalue weighted by Crippen LogP contribution is 2.28. The van der Waals surface area contributed by atoms with Crippen molar-refractivity contribution in [1.82, 2.24) is 14.4 Å². The second-order valence-corrected chi connectivity index (χ2v) is 6.48. The standard InChI is InChI=1S/C17H17N3O3S/c1-4-14-19-10(2)15(24-14)11(3)23-17(22)12-9-18-13-7-5-6-8-20(13)16(12)21/h5-9,11H,4H2,1-3H3/t11-/m0/s1. The molecule has 0 bridgehead atoms. The largest absolute Gasteiger partial charge is 0.453 e. The summed E-state index contributed by atoms with van der Waals surface area (Å²) in [4.78, 5) is 34.3. The Bertz CT molecular complexity index is 961. The monoisotopic (exact) mass is 343 g/mol. The van der Waals surface area contributed by atoms with Gasteiger partial charge >= 0.3 is 5.97 Å². The maximum absolute atomic E-state index is 12.4. The third-order valence-corrected chi connectivity index (χ3v) is 5.13. The third kappa shape index (κ3) is 2.94. The van der Waals surface area contributed by atoms with Crippen LogP contribution in [0.5, 0.6) is 0 Å². The van der Waals surface area contributed by atoms with Crippen LogP contribution in [-0.4, -0.2) is 20.3 Å². The molecule has 1 atom stereocenters. The molecule has 3 rings (SSSR count). The number of carbonyl (C=O) groups is 1. The number of fused-ring (bicyclic) bond motifs is 1. The molecule has 3 heterocycles. The number of aromatic nitrogens is 3. The molecule has 24 heavy (non-hydrogen) atoms. The number of ether oxygens (including phenoxy) is 1. The van der Waals surface area contributed by atoms with Crippen molar-refractivity contribution in [1.29, 1.82) is 0 Å². The fraction of sp³-hybridized carbons (Fsp3) is 0.294. The van der Waals surface area contributed by atoms with Crippen LogP contribution in [0.25, 0.3) is 5.65 Å². The highest BCUT2D eigenvalue weighted by Gasteiger charge is 2.21. The molecule has 0 aliphatic rings. The summed E-state index contributed by atoms with van der Waals surface area (Å²) in [6, 6.07) is 5.19. The Morgan fingerprint density at radius 3 is 2.92 bits per heavy atom. The zero-order valence-corrected chi connectivity index (χ0v) is 14.5. The fourth-order valence-corrected chi connectivity index (χ4v) is 3.43. The van der Waals surface area contributed by atoms with Gasteiger partial charge in [0.2, 0.25) is 0 Å². The van der Waals surface area contributed by atoms with Gasteiger partial charge in [0.25, 0.3) is 5.56 Å². The number of esters is 1. The van der Waals surface area contributed by atoms with Gasteiger partial charge in [-0.15, -0.1) is 11.3 Å². The molecular formula is C17H17N3O3S. The van der Waals surface area contributed by atoms with Gasteiger partial charge in [0.05, 0.1) is 15.6 Å². The van der Waals surface area contributed by atoms with Crippen molar-refractivity contribution >= 4 is 23.0 Å². The molecule has 0 saturated heterocycles. The molecule has 0 fully saturated rings. The van der Waals surface area contributed by atoms with Gasteiger partial charge in [-0.3, -0.25) is 9.20 Å². The number of aryl methyl sites for hydroxylation is 2. The predicted octanol–water partition coefficient (Wildman–Crippen LogP) is 2.94. The molecule has 0 saturated carbocycles. The van der Waals surface area contributed by atoms with Gasteiger partial charge in [0.1, 0.15) is 17.3 Å². The van der Waals surface area contributed by atoms with Crippen LogP contribution >= 0.6 is 11.3 Å². The van der Waals surface area contributed by atoms with Crippen LogP contribution in [-0.2, 0) is 11.2 Å². The molecule has 0 radical (unpaired) electrons. The van der Waals surface area contributed by atoms with Gasteiger partial charge in [0, 0.05) is 12.4 Å². The Balaban J connectivity index is 1.88. The van der Waals surface area contributed by atoms with Crippen LogP contribution in [0, 0.1) is 6.92 Å². The Morgan fingerprint density at radius 1 is 1.42 bits per heavy atom. The van der Waals surface area contributed by atoms with Gasteiger partial charge in [0.15, 0.2) is 0 Å². The topological polar surface area (TPSA) is 73.6 Å². The highest BCUT2D eigenvalue weighted by atomic mass is 32.1. The lowest BCUT2D eigenvalue weighted by Gasteiger charge is -2.12. The molecule has 0 aromatic carbocycles. The van der Waals surface area contributed by atoms with Crippen LogP contribution in [0.3, 0.4) is 0 Å². The van der Waals surface area contributed by atoms with Crippen LogP contribution in [0.15, 0.2) is 35.4 Å². The minimum absolute atomic E-state index is 0.0802. The maximum Gasteiger partial charge on any atom is 0.346 e. The molecule has 124 valence electrons. The summed E-state index contributed by atoms with van der Waals surface area (Å²) in [7, 11) is 0. The molecule has 0 amide bonds. The van der Waals surface area contributed by atoms with E-state index in [-0.39, 0.29) is 5.56 Å². The van der Waals surface area contributed by atoms with E-state index in [9.17, 15) is 9.59 Å². The van der Waals surface area contributed by atoms with Crippen molar-refractivity contribution in [3.05, 3.63) is 62.1 Å². The first-order valence-electron chi connectivity index (χ1n) is 7.64. The van der Waals surface area contributed by atoms with E-state index in [0.29, 0.717) is 5.65 Å². The van der Waals surface area contributed by atoms with Gasteiger partial charge in [-0.25, -0.2) is 14.8 Å². The first-order valence-corrected chi connectivity index (χ1v) is 8.46. The minimum atomic E-state index is -0.677. The van der Waals surface area contributed by atoms with E-state index in [4.69, 9.17) is 4.74 Å². The van der Waals surface area contributed by atoms with Crippen LogP contribution in [0.4, 0.5) is 0 Å². The molecule has 6 nitrogen and oxygen atoms in total. The van der Waals surface area contributed by atoms with Crippen molar-refractivity contribution in [2.24, 2.45) is 0 Å². The summed E-state index contributed by atoms with van der Waals surface area (Å²) < 4.78 is 6.80. The summed E-state index contributed by atoms with van der Waals surface area (Å²) >= 11 is 1.52. The maximum atomic E-state index is 12.4. The second-order valence-electron chi connectivity index (χ2n) is 5.36. The van der Waals surface area contributed by atoms with Crippen LogP contribution in [0.1, 0.15) is 45.9 Å². The van der Waals surface area contributed by atoms with E-state index in [1.165, 1.54) is 21.9 Å². The average molecular weight is 343 g/mol. The first kappa shape index (κ1) is 16.3. The normalized spacial score (nSPS) is 12.3. The van der Waals surface area contributed by atoms with Crippen LogP contribution < -0.4 is 5.56 Å². The van der Waals surface area contributed by atoms with E-state index in [1.54, 1.807) is 31.3 Å². The number of rotatable bonds is 4. The fourth-order valence-electron chi connectivity index (χ4n) is 2.44. The number of hydrogen-bond donors (Lipinski definition) is 0. The Labute approximate surface area is 142 Å².